The number of benzene rings is 2. The van der Waals surface area contributed by atoms with Gasteiger partial charge in [0.2, 0.25) is 0 Å². The average Bonchev–Trinajstić information content (AvgIpc) is 2.72. The number of nitrogens with zero attached hydrogens (tertiary/aromatic N) is 1. The lowest BCUT2D eigenvalue weighted by Gasteiger charge is -2.14. The number of para-hydroxylation sites is 1. The molecule has 0 aromatic heterocycles. The lowest BCUT2D eigenvalue weighted by atomic mass is 10.2. The number of methoxy groups -OCH3 is 1. The third-order valence-electron chi connectivity index (χ3n) is 3.63. The van der Waals surface area contributed by atoms with Crippen molar-refractivity contribution in [2.45, 2.75) is 6.61 Å². The standard InChI is InChI=1S/C20H19Cl2N3O4/c1-3-10-23-19(26)20(27)25-24-11-13-6-4-9-17(28-2)18(13)29-12-14-15(21)7-5-8-16(14)22/h3-9,11H,1,10,12H2,2H3,(H,23,26)(H,25,27)/b24-11-. The van der Waals surface area contributed by atoms with E-state index in [0.29, 0.717) is 32.7 Å². The number of ether oxygens (including phenoxy) is 2. The maximum Gasteiger partial charge on any atom is 0.329 e. The molecule has 2 aromatic rings. The predicted molar refractivity (Wildman–Crippen MR) is 113 cm³/mol. The van der Waals surface area contributed by atoms with Crippen LogP contribution in [-0.4, -0.2) is 31.7 Å². The minimum absolute atomic E-state index is 0.0933. The Morgan fingerprint density at radius 1 is 1.14 bits per heavy atom. The molecule has 2 rings (SSSR count). The summed E-state index contributed by atoms with van der Waals surface area (Å²) in [6.45, 7) is 3.72. The molecule has 152 valence electrons. The molecule has 0 atom stereocenters. The van der Waals surface area contributed by atoms with Crippen molar-refractivity contribution >= 4 is 41.2 Å². The quantitative estimate of drug-likeness (QED) is 0.288. The number of hydrazone groups is 1. The summed E-state index contributed by atoms with van der Waals surface area (Å²) in [4.78, 5) is 23.2. The maximum absolute atomic E-state index is 11.7. The van der Waals surface area contributed by atoms with Crippen molar-refractivity contribution in [3.8, 4) is 11.5 Å². The Balaban J connectivity index is 2.15. The fourth-order valence-electron chi connectivity index (χ4n) is 2.22. The van der Waals surface area contributed by atoms with Crippen LogP contribution in [0.15, 0.2) is 54.2 Å². The summed E-state index contributed by atoms with van der Waals surface area (Å²) in [6, 6.07) is 10.3. The summed E-state index contributed by atoms with van der Waals surface area (Å²) >= 11 is 12.4. The van der Waals surface area contributed by atoms with Crippen LogP contribution in [0.2, 0.25) is 10.0 Å². The molecular weight excluding hydrogens is 417 g/mol. The van der Waals surface area contributed by atoms with Crippen LogP contribution in [0, 0.1) is 0 Å². The van der Waals surface area contributed by atoms with Gasteiger partial charge in [0, 0.05) is 27.7 Å². The van der Waals surface area contributed by atoms with Gasteiger partial charge >= 0.3 is 11.8 Å². The molecule has 7 nitrogen and oxygen atoms in total. The molecule has 0 aliphatic heterocycles. The van der Waals surface area contributed by atoms with Crippen LogP contribution in [0.3, 0.4) is 0 Å². The number of hydrogen-bond acceptors (Lipinski definition) is 5. The second-order valence-corrected chi connectivity index (χ2v) is 6.38. The predicted octanol–water partition coefficient (Wildman–Crippen LogP) is 3.33. The molecule has 0 aliphatic carbocycles. The minimum atomic E-state index is -0.906. The van der Waals surface area contributed by atoms with Gasteiger partial charge in [-0.2, -0.15) is 5.10 Å². The van der Waals surface area contributed by atoms with Gasteiger partial charge in [-0.25, -0.2) is 5.43 Å². The van der Waals surface area contributed by atoms with Gasteiger partial charge in [0.15, 0.2) is 11.5 Å². The summed E-state index contributed by atoms with van der Waals surface area (Å²) < 4.78 is 11.2. The van der Waals surface area contributed by atoms with Gasteiger partial charge in [-0.15, -0.1) is 6.58 Å². The third-order valence-corrected chi connectivity index (χ3v) is 4.34. The van der Waals surface area contributed by atoms with E-state index in [1.165, 1.54) is 19.4 Å². The van der Waals surface area contributed by atoms with E-state index >= 15 is 0 Å². The SMILES string of the molecule is C=CCNC(=O)C(=O)N/N=C\c1cccc(OC)c1OCc1c(Cl)cccc1Cl. The number of carbonyl (C=O) groups is 2. The van der Waals surface area contributed by atoms with Crippen molar-refractivity contribution in [2.24, 2.45) is 5.10 Å². The second-order valence-electron chi connectivity index (χ2n) is 5.57. The van der Waals surface area contributed by atoms with Crippen molar-refractivity contribution in [1.29, 1.82) is 0 Å². The van der Waals surface area contributed by atoms with Gasteiger partial charge in [-0.3, -0.25) is 9.59 Å². The summed E-state index contributed by atoms with van der Waals surface area (Å²) in [6.07, 6.45) is 2.80. The van der Waals surface area contributed by atoms with Gasteiger partial charge in [0.05, 0.1) is 13.3 Å². The van der Waals surface area contributed by atoms with Crippen LogP contribution in [-0.2, 0) is 16.2 Å². The molecule has 9 heteroatoms. The maximum atomic E-state index is 11.7. The molecule has 29 heavy (non-hydrogen) atoms. The van der Waals surface area contributed by atoms with E-state index in [2.05, 4.69) is 22.4 Å². The van der Waals surface area contributed by atoms with Crippen LogP contribution in [0.25, 0.3) is 0 Å². The van der Waals surface area contributed by atoms with E-state index in [4.69, 9.17) is 32.7 Å². The molecule has 0 saturated carbocycles. The van der Waals surface area contributed by atoms with Gasteiger partial charge in [-0.05, 0) is 24.3 Å². The summed E-state index contributed by atoms with van der Waals surface area (Å²) in [5, 5.41) is 7.09. The fraction of sp³-hybridized carbons (Fsp3) is 0.150. The van der Waals surface area contributed by atoms with Crippen molar-refractivity contribution in [2.75, 3.05) is 13.7 Å². The van der Waals surface area contributed by atoms with Crippen LogP contribution in [0.4, 0.5) is 0 Å². The zero-order valence-corrected chi connectivity index (χ0v) is 17.1. The van der Waals surface area contributed by atoms with Crippen molar-refractivity contribution < 1.29 is 19.1 Å². The van der Waals surface area contributed by atoms with Gasteiger partial charge in [0.25, 0.3) is 0 Å². The number of rotatable bonds is 8. The molecule has 2 N–H and O–H groups in total. The molecule has 0 unspecified atom stereocenters. The monoisotopic (exact) mass is 435 g/mol. The number of halogens is 2. The third kappa shape index (κ3) is 6.23. The highest BCUT2D eigenvalue weighted by Crippen LogP contribution is 2.32. The summed E-state index contributed by atoms with van der Waals surface area (Å²) in [5.41, 5.74) is 3.28. The zero-order valence-electron chi connectivity index (χ0n) is 15.6. The number of nitrogens with one attached hydrogen (secondary N) is 2. The Hall–Kier alpha value is -3.03. The number of amides is 2. The van der Waals surface area contributed by atoms with E-state index in [9.17, 15) is 9.59 Å². The molecule has 0 heterocycles. The molecule has 2 amide bonds. The largest absolute Gasteiger partial charge is 0.493 e. The molecule has 0 saturated heterocycles. The van der Waals surface area contributed by atoms with Crippen LogP contribution >= 0.6 is 23.2 Å². The van der Waals surface area contributed by atoms with Gasteiger partial charge < -0.3 is 14.8 Å². The van der Waals surface area contributed by atoms with E-state index < -0.39 is 11.8 Å². The van der Waals surface area contributed by atoms with Crippen molar-refractivity contribution in [3.05, 3.63) is 70.2 Å². The normalized spacial score (nSPS) is 10.4. The van der Waals surface area contributed by atoms with E-state index in [-0.39, 0.29) is 13.2 Å². The van der Waals surface area contributed by atoms with E-state index in [1.54, 1.807) is 36.4 Å². The van der Waals surface area contributed by atoms with Crippen molar-refractivity contribution in [3.63, 3.8) is 0 Å². The van der Waals surface area contributed by atoms with Crippen molar-refractivity contribution in [1.82, 2.24) is 10.7 Å². The molecule has 0 radical (unpaired) electrons. The highest BCUT2D eigenvalue weighted by Gasteiger charge is 2.14. The first-order valence-corrected chi connectivity index (χ1v) is 9.18. The topological polar surface area (TPSA) is 89.0 Å². The highest BCUT2D eigenvalue weighted by atomic mass is 35.5. The van der Waals surface area contributed by atoms with Crippen LogP contribution < -0.4 is 20.2 Å². The van der Waals surface area contributed by atoms with Gasteiger partial charge in [0.1, 0.15) is 6.61 Å². The Bertz CT molecular complexity index is 912. The lowest BCUT2D eigenvalue weighted by molar-refractivity contribution is -0.139. The Labute approximate surface area is 178 Å². The molecule has 0 aliphatic rings. The Morgan fingerprint density at radius 2 is 1.83 bits per heavy atom. The molecule has 0 fully saturated rings. The number of hydrogen-bond donors (Lipinski definition) is 2. The van der Waals surface area contributed by atoms with Crippen LogP contribution in [0.1, 0.15) is 11.1 Å². The Kier molecular flexibility index (Phi) is 8.51. The average molecular weight is 436 g/mol. The number of carbonyl (C=O) groups excluding carboxylic acids is 2. The first-order valence-electron chi connectivity index (χ1n) is 8.42. The zero-order chi connectivity index (χ0) is 21.2. The summed E-state index contributed by atoms with van der Waals surface area (Å²) in [7, 11) is 1.50. The lowest BCUT2D eigenvalue weighted by Crippen LogP contribution is -2.37. The Morgan fingerprint density at radius 3 is 2.48 bits per heavy atom. The smallest absolute Gasteiger partial charge is 0.329 e. The summed E-state index contributed by atoms with van der Waals surface area (Å²) in [5.74, 6) is -0.902. The van der Waals surface area contributed by atoms with E-state index in [1.807, 2.05) is 0 Å². The molecule has 0 bridgehead atoms. The first-order chi connectivity index (χ1) is 14.0. The molecular formula is C20H19Cl2N3O4. The van der Waals surface area contributed by atoms with Gasteiger partial charge in [-0.1, -0.05) is 41.4 Å². The molecule has 0 spiro atoms. The van der Waals surface area contributed by atoms with Crippen LogP contribution in [0.5, 0.6) is 11.5 Å². The minimum Gasteiger partial charge on any atom is -0.493 e. The molecule has 2 aromatic carbocycles. The first kappa shape index (κ1) is 22.3. The highest BCUT2D eigenvalue weighted by molar-refractivity contribution is 6.36. The fourth-order valence-corrected chi connectivity index (χ4v) is 2.73. The van der Waals surface area contributed by atoms with E-state index in [0.717, 1.165) is 0 Å². The second kappa shape index (κ2) is 11.1.